The minimum Gasteiger partial charge on any atom is -0.361 e. The molecule has 0 aliphatic carbocycles. The maximum absolute atomic E-state index is 11.9. The number of amides is 3. The van der Waals surface area contributed by atoms with Gasteiger partial charge < -0.3 is 16.0 Å². The molecular weight excluding hydrogens is 328 g/mol. The zero-order chi connectivity index (χ0) is 18.5. The summed E-state index contributed by atoms with van der Waals surface area (Å²) in [5.74, 6) is -0.389. The van der Waals surface area contributed by atoms with Crippen LogP contribution in [0, 0.1) is 0 Å². The highest BCUT2D eigenvalue weighted by atomic mass is 16.2. The summed E-state index contributed by atoms with van der Waals surface area (Å²) in [4.78, 5) is 26.1. The monoisotopic (exact) mass is 350 g/mol. The Morgan fingerprint density at radius 2 is 1.77 bits per heavy atom. The molecule has 0 aliphatic rings. The number of primary amides is 1. The third kappa shape index (κ3) is 3.92. The molecule has 2 aromatic carbocycles. The van der Waals surface area contributed by atoms with E-state index in [1.54, 1.807) is 6.92 Å². The van der Waals surface area contributed by atoms with E-state index in [-0.39, 0.29) is 5.92 Å². The summed E-state index contributed by atoms with van der Waals surface area (Å²) in [6.07, 6.45) is 2.01. The maximum Gasteiger partial charge on any atom is 0.318 e. The third-order valence-electron chi connectivity index (χ3n) is 4.47. The number of rotatable bonds is 6. The average molecular weight is 350 g/mol. The molecule has 3 aromatic rings. The van der Waals surface area contributed by atoms with E-state index < -0.39 is 18.0 Å². The molecule has 6 nitrogen and oxygen atoms in total. The molecule has 0 radical (unpaired) electrons. The molecule has 2 atom stereocenters. The number of hydrogen-bond acceptors (Lipinski definition) is 3. The van der Waals surface area contributed by atoms with Crippen LogP contribution in [0.4, 0.5) is 4.79 Å². The van der Waals surface area contributed by atoms with Crippen LogP contribution < -0.4 is 16.4 Å². The lowest BCUT2D eigenvalue weighted by molar-refractivity contribution is -0.121. The third-order valence-corrected chi connectivity index (χ3v) is 4.47. The molecule has 1 heterocycles. The van der Waals surface area contributed by atoms with E-state index in [1.807, 2.05) is 42.6 Å². The summed E-state index contributed by atoms with van der Waals surface area (Å²) in [5.41, 5.74) is 8.39. The Bertz CT molecular complexity index is 904. The van der Waals surface area contributed by atoms with Gasteiger partial charge in [-0.25, -0.2) is 4.79 Å². The number of H-pyrrole nitrogens is 1. The second-order valence-electron chi connectivity index (χ2n) is 6.24. The quantitative estimate of drug-likeness (QED) is 0.549. The highest BCUT2D eigenvalue weighted by Crippen LogP contribution is 2.30. The highest BCUT2D eigenvalue weighted by molar-refractivity contribution is 5.96. The summed E-state index contributed by atoms with van der Waals surface area (Å²) in [6, 6.07) is 16.9. The first-order chi connectivity index (χ1) is 12.6. The van der Waals surface area contributed by atoms with E-state index in [9.17, 15) is 9.59 Å². The summed E-state index contributed by atoms with van der Waals surface area (Å²) in [6.45, 7) is 2.24. The summed E-state index contributed by atoms with van der Waals surface area (Å²) in [7, 11) is 0. The van der Waals surface area contributed by atoms with Crippen molar-refractivity contribution in [1.82, 2.24) is 15.6 Å². The fourth-order valence-corrected chi connectivity index (χ4v) is 3.09. The molecule has 6 heteroatoms. The molecule has 3 rings (SSSR count). The zero-order valence-electron chi connectivity index (χ0n) is 14.5. The largest absolute Gasteiger partial charge is 0.361 e. The predicted octanol–water partition coefficient (Wildman–Crippen LogP) is 2.47. The normalized spacial score (nSPS) is 13.3. The molecule has 0 aliphatic heterocycles. The van der Waals surface area contributed by atoms with Crippen LogP contribution in [0.25, 0.3) is 10.9 Å². The Balaban J connectivity index is 1.86. The molecule has 0 unspecified atom stereocenters. The SMILES string of the molecule is C[C@H](NC[C@H](c1ccccc1)c1c[nH]c2ccccc12)C(=O)NC(N)=O. The molecule has 0 spiro atoms. The lowest BCUT2D eigenvalue weighted by Gasteiger charge is -2.21. The van der Waals surface area contributed by atoms with Crippen molar-refractivity contribution in [3.05, 3.63) is 71.9 Å². The summed E-state index contributed by atoms with van der Waals surface area (Å²) >= 11 is 0. The van der Waals surface area contributed by atoms with Crippen molar-refractivity contribution in [2.45, 2.75) is 18.9 Å². The van der Waals surface area contributed by atoms with Crippen LogP contribution in [0.2, 0.25) is 0 Å². The van der Waals surface area contributed by atoms with E-state index in [2.05, 4.69) is 33.8 Å². The fraction of sp³-hybridized carbons (Fsp3) is 0.200. The van der Waals surface area contributed by atoms with E-state index in [0.717, 1.165) is 22.0 Å². The molecule has 134 valence electrons. The smallest absolute Gasteiger partial charge is 0.318 e. The Kier molecular flexibility index (Phi) is 5.34. The number of urea groups is 1. The topological polar surface area (TPSA) is 100 Å². The number of nitrogens with two attached hydrogens (primary N) is 1. The van der Waals surface area contributed by atoms with E-state index >= 15 is 0 Å². The van der Waals surface area contributed by atoms with Crippen LogP contribution in [0.5, 0.6) is 0 Å². The number of benzene rings is 2. The highest BCUT2D eigenvalue weighted by Gasteiger charge is 2.21. The van der Waals surface area contributed by atoms with E-state index in [1.165, 1.54) is 0 Å². The lowest BCUT2D eigenvalue weighted by atomic mass is 9.90. The number of imide groups is 1. The number of fused-ring (bicyclic) bond motifs is 1. The van der Waals surface area contributed by atoms with Gasteiger partial charge in [0.05, 0.1) is 6.04 Å². The van der Waals surface area contributed by atoms with Gasteiger partial charge in [-0.2, -0.15) is 0 Å². The zero-order valence-corrected chi connectivity index (χ0v) is 14.5. The number of carbonyl (C=O) groups is 2. The fourth-order valence-electron chi connectivity index (χ4n) is 3.09. The Labute approximate surface area is 151 Å². The maximum atomic E-state index is 11.9. The molecule has 1 aromatic heterocycles. The van der Waals surface area contributed by atoms with Crippen molar-refractivity contribution >= 4 is 22.8 Å². The van der Waals surface area contributed by atoms with Crippen LogP contribution in [0.15, 0.2) is 60.8 Å². The molecule has 0 saturated carbocycles. The number of aromatic amines is 1. The minimum atomic E-state index is -0.847. The average Bonchev–Trinajstić information content (AvgIpc) is 3.06. The van der Waals surface area contributed by atoms with E-state index in [0.29, 0.717) is 6.54 Å². The number of aromatic nitrogens is 1. The summed E-state index contributed by atoms with van der Waals surface area (Å²) < 4.78 is 0. The molecular formula is C20H22N4O2. The number of para-hydroxylation sites is 1. The Hall–Kier alpha value is -3.12. The van der Waals surface area contributed by atoms with Crippen molar-refractivity contribution in [3.8, 4) is 0 Å². The molecule has 3 amide bonds. The van der Waals surface area contributed by atoms with Gasteiger partial charge in [0.15, 0.2) is 0 Å². The molecule has 26 heavy (non-hydrogen) atoms. The van der Waals surface area contributed by atoms with Crippen LogP contribution >= 0.6 is 0 Å². The Morgan fingerprint density at radius 1 is 1.08 bits per heavy atom. The lowest BCUT2D eigenvalue weighted by Crippen LogP contribution is -2.47. The molecule has 5 N–H and O–H groups in total. The van der Waals surface area contributed by atoms with Gasteiger partial charge in [-0.1, -0.05) is 48.5 Å². The van der Waals surface area contributed by atoms with Crippen molar-refractivity contribution < 1.29 is 9.59 Å². The van der Waals surface area contributed by atoms with Gasteiger partial charge in [0, 0.05) is 29.6 Å². The molecule has 0 bridgehead atoms. The number of hydrogen-bond donors (Lipinski definition) is 4. The van der Waals surface area contributed by atoms with Gasteiger partial charge >= 0.3 is 6.03 Å². The first kappa shape index (κ1) is 17.7. The van der Waals surface area contributed by atoms with Gasteiger partial charge in [0.25, 0.3) is 0 Å². The summed E-state index contributed by atoms with van der Waals surface area (Å²) in [5, 5.41) is 6.46. The standard InChI is InChI=1S/C20H22N4O2/c1-13(19(25)24-20(21)26)22-11-16(14-7-3-2-4-8-14)17-12-23-18-10-6-5-9-15(17)18/h2-10,12-13,16,22-23H,11H2,1H3,(H3,21,24,25,26)/t13-,16+/m0/s1. The van der Waals surface area contributed by atoms with Crippen LogP contribution in [-0.4, -0.2) is 29.5 Å². The number of carbonyl (C=O) groups excluding carboxylic acids is 2. The van der Waals surface area contributed by atoms with Gasteiger partial charge in [-0.15, -0.1) is 0 Å². The first-order valence-electron chi connectivity index (χ1n) is 8.51. The molecule has 0 fully saturated rings. The number of nitrogens with one attached hydrogen (secondary N) is 3. The predicted molar refractivity (Wildman–Crippen MR) is 102 cm³/mol. The van der Waals surface area contributed by atoms with Gasteiger partial charge in [-0.3, -0.25) is 10.1 Å². The second-order valence-corrected chi connectivity index (χ2v) is 6.24. The minimum absolute atomic E-state index is 0.0520. The van der Waals surface area contributed by atoms with Crippen LogP contribution in [0.3, 0.4) is 0 Å². The van der Waals surface area contributed by atoms with E-state index in [4.69, 9.17) is 5.73 Å². The van der Waals surface area contributed by atoms with Crippen LogP contribution in [-0.2, 0) is 4.79 Å². The van der Waals surface area contributed by atoms with Gasteiger partial charge in [0.2, 0.25) is 5.91 Å². The van der Waals surface area contributed by atoms with Crippen LogP contribution in [0.1, 0.15) is 24.0 Å². The van der Waals surface area contributed by atoms with Crippen molar-refractivity contribution in [2.24, 2.45) is 5.73 Å². The van der Waals surface area contributed by atoms with Gasteiger partial charge in [-0.05, 0) is 24.1 Å². The second kappa shape index (κ2) is 7.84. The molecule has 0 saturated heterocycles. The Morgan fingerprint density at radius 3 is 2.50 bits per heavy atom. The first-order valence-corrected chi connectivity index (χ1v) is 8.51. The van der Waals surface area contributed by atoms with Crippen molar-refractivity contribution in [1.29, 1.82) is 0 Å². The van der Waals surface area contributed by atoms with Gasteiger partial charge in [0.1, 0.15) is 0 Å². The van der Waals surface area contributed by atoms with Crippen molar-refractivity contribution in [3.63, 3.8) is 0 Å². The van der Waals surface area contributed by atoms with Crippen molar-refractivity contribution in [2.75, 3.05) is 6.54 Å².